The van der Waals surface area contributed by atoms with Crippen LogP contribution in [0, 0.1) is 5.82 Å². The summed E-state index contributed by atoms with van der Waals surface area (Å²) in [6.07, 6.45) is 4.37. The van der Waals surface area contributed by atoms with E-state index in [2.05, 4.69) is 20.4 Å². The van der Waals surface area contributed by atoms with E-state index in [0.717, 1.165) is 38.8 Å². The number of carbonyl (C=O) groups is 1. The van der Waals surface area contributed by atoms with Crippen LogP contribution >= 0.6 is 24.0 Å². The molecule has 0 saturated carbocycles. The third-order valence-corrected chi connectivity index (χ3v) is 3.54. The molecular formula is C18H29FIN3O2. The van der Waals surface area contributed by atoms with Gasteiger partial charge in [-0.1, -0.05) is 31.0 Å². The number of hydrogen-bond donors (Lipinski definition) is 2. The zero-order valence-electron chi connectivity index (χ0n) is 15.0. The topological polar surface area (TPSA) is 62.7 Å². The monoisotopic (exact) mass is 465 g/mol. The van der Waals surface area contributed by atoms with E-state index in [9.17, 15) is 9.18 Å². The lowest BCUT2D eigenvalue weighted by Crippen LogP contribution is -2.37. The van der Waals surface area contributed by atoms with Gasteiger partial charge in [0.25, 0.3) is 0 Å². The highest BCUT2D eigenvalue weighted by molar-refractivity contribution is 14.0. The summed E-state index contributed by atoms with van der Waals surface area (Å²) in [4.78, 5) is 15.4. The largest absolute Gasteiger partial charge is 0.469 e. The Morgan fingerprint density at radius 1 is 1.16 bits per heavy atom. The number of rotatable bonds is 10. The summed E-state index contributed by atoms with van der Waals surface area (Å²) in [6, 6.07) is 6.66. The molecule has 0 radical (unpaired) electrons. The van der Waals surface area contributed by atoms with E-state index in [1.165, 1.54) is 13.2 Å². The molecular weight excluding hydrogens is 436 g/mol. The van der Waals surface area contributed by atoms with Gasteiger partial charge in [-0.05, 0) is 25.8 Å². The molecule has 0 aromatic heterocycles. The van der Waals surface area contributed by atoms with Gasteiger partial charge in [0.15, 0.2) is 5.96 Å². The molecule has 1 rings (SSSR count). The fourth-order valence-electron chi connectivity index (χ4n) is 2.19. The van der Waals surface area contributed by atoms with E-state index in [1.807, 2.05) is 13.0 Å². The van der Waals surface area contributed by atoms with Gasteiger partial charge in [-0.15, -0.1) is 24.0 Å². The smallest absolute Gasteiger partial charge is 0.305 e. The number of nitrogens with one attached hydrogen (secondary N) is 2. The molecule has 2 N–H and O–H groups in total. The average molecular weight is 465 g/mol. The molecule has 1 aromatic rings. The predicted molar refractivity (Wildman–Crippen MR) is 110 cm³/mol. The standard InChI is InChI=1S/C18H28FN3O2.HI/c1-3-20-18(22-14-15-10-7-8-11-16(15)19)21-13-9-5-4-6-12-17(23)24-2;/h7-8,10-11H,3-6,9,12-14H2,1-2H3,(H2,20,21,22);1H. The summed E-state index contributed by atoms with van der Waals surface area (Å²) >= 11 is 0. The second-order valence-corrected chi connectivity index (χ2v) is 5.45. The predicted octanol–water partition coefficient (Wildman–Crippen LogP) is 3.62. The Kier molecular flexibility index (Phi) is 14.1. The molecule has 0 saturated heterocycles. The van der Waals surface area contributed by atoms with Gasteiger partial charge in [-0.2, -0.15) is 0 Å². The van der Waals surface area contributed by atoms with Gasteiger partial charge in [-0.3, -0.25) is 4.79 Å². The van der Waals surface area contributed by atoms with Gasteiger partial charge >= 0.3 is 5.97 Å². The van der Waals surface area contributed by atoms with E-state index in [-0.39, 0.29) is 35.8 Å². The third kappa shape index (κ3) is 11.0. The van der Waals surface area contributed by atoms with Crippen LogP contribution in [0.1, 0.15) is 44.6 Å². The molecule has 1 aromatic carbocycles. The molecule has 0 heterocycles. The van der Waals surface area contributed by atoms with Crippen molar-refractivity contribution in [2.24, 2.45) is 4.99 Å². The average Bonchev–Trinajstić information content (AvgIpc) is 2.59. The Labute approximate surface area is 166 Å². The number of benzene rings is 1. The molecule has 0 atom stereocenters. The Bertz CT molecular complexity index is 527. The zero-order chi connectivity index (χ0) is 17.6. The van der Waals surface area contributed by atoms with Crippen LogP contribution in [0.15, 0.2) is 29.3 Å². The van der Waals surface area contributed by atoms with E-state index in [1.54, 1.807) is 12.1 Å². The number of guanidine groups is 1. The van der Waals surface area contributed by atoms with E-state index in [4.69, 9.17) is 0 Å². The molecule has 142 valence electrons. The molecule has 0 bridgehead atoms. The van der Waals surface area contributed by atoms with Gasteiger partial charge in [0.1, 0.15) is 5.82 Å². The fraction of sp³-hybridized carbons (Fsp3) is 0.556. The number of ether oxygens (including phenoxy) is 1. The molecule has 25 heavy (non-hydrogen) atoms. The van der Waals surface area contributed by atoms with Crippen LogP contribution in [0.3, 0.4) is 0 Å². The van der Waals surface area contributed by atoms with Crippen LogP contribution < -0.4 is 10.6 Å². The van der Waals surface area contributed by atoms with Crippen LogP contribution in [0.4, 0.5) is 4.39 Å². The molecule has 0 amide bonds. The lowest BCUT2D eigenvalue weighted by Gasteiger charge is -2.11. The Morgan fingerprint density at radius 3 is 2.56 bits per heavy atom. The summed E-state index contributed by atoms with van der Waals surface area (Å²) < 4.78 is 18.2. The maximum Gasteiger partial charge on any atom is 0.305 e. The Hall–Kier alpha value is -1.38. The lowest BCUT2D eigenvalue weighted by molar-refractivity contribution is -0.140. The molecule has 0 unspecified atom stereocenters. The first kappa shape index (κ1) is 23.6. The minimum absolute atomic E-state index is 0. The van der Waals surface area contributed by atoms with Crippen LogP contribution in [0.5, 0.6) is 0 Å². The number of methoxy groups -OCH3 is 1. The summed E-state index contributed by atoms with van der Waals surface area (Å²) in [7, 11) is 1.41. The molecule has 7 heteroatoms. The second kappa shape index (κ2) is 14.9. The van der Waals surface area contributed by atoms with Crippen molar-refractivity contribution >= 4 is 35.9 Å². The van der Waals surface area contributed by atoms with Crippen molar-refractivity contribution in [2.45, 2.75) is 45.6 Å². The quantitative estimate of drug-likeness (QED) is 0.182. The highest BCUT2D eigenvalue weighted by Crippen LogP contribution is 2.07. The van der Waals surface area contributed by atoms with Crippen LogP contribution in [0.2, 0.25) is 0 Å². The molecule has 0 aliphatic heterocycles. The van der Waals surface area contributed by atoms with Gasteiger partial charge < -0.3 is 15.4 Å². The van der Waals surface area contributed by atoms with Crippen molar-refractivity contribution in [3.05, 3.63) is 35.6 Å². The number of aliphatic imine (C=N–C) groups is 1. The molecule has 0 spiro atoms. The fourth-order valence-corrected chi connectivity index (χ4v) is 2.19. The number of carbonyl (C=O) groups excluding carboxylic acids is 1. The molecule has 0 aliphatic carbocycles. The highest BCUT2D eigenvalue weighted by atomic mass is 127. The van der Waals surface area contributed by atoms with Gasteiger partial charge in [-0.25, -0.2) is 9.38 Å². The Morgan fingerprint density at radius 2 is 1.88 bits per heavy atom. The molecule has 5 nitrogen and oxygen atoms in total. The maximum absolute atomic E-state index is 13.6. The first-order valence-corrected chi connectivity index (χ1v) is 8.49. The first-order valence-electron chi connectivity index (χ1n) is 8.49. The number of halogens is 2. The third-order valence-electron chi connectivity index (χ3n) is 3.54. The summed E-state index contributed by atoms with van der Waals surface area (Å²) in [5.41, 5.74) is 0.581. The van der Waals surface area contributed by atoms with E-state index < -0.39 is 0 Å². The van der Waals surface area contributed by atoms with Crippen molar-refractivity contribution in [2.75, 3.05) is 20.2 Å². The van der Waals surface area contributed by atoms with Crippen LogP contribution in [-0.2, 0) is 16.1 Å². The number of esters is 1. The van der Waals surface area contributed by atoms with Gasteiger partial charge in [0, 0.05) is 25.1 Å². The van der Waals surface area contributed by atoms with Crippen molar-refractivity contribution in [3.8, 4) is 0 Å². The van der Waals surface area contributed by atoms with Gasteiger partial charge in [0.2, 0.25) is 0 Å². The minimum Gasteiger partial charge on any atom is -0.469 e. The summed E-state index contributed by atoms with van der Waals surface area (Å²) in [5.74, 6) is 0.306. The normalized spacial score (nSPS) is 10.8. The van der Waals surface area contributed by atoms with Crippen molar-refractivity contribution in [1.29, 1.82) is 0 Å². The number of unbranched alkanes of at least 4 members (excludes halogenated alkanes) is 3. The molecule has 0 aliphatic rings. The summed E-state index contributed by atoms with van der Waals surface area (Å²) in [6.45, 7) is 3.85. The minimum atomic E-state index is -0.234. The number of nitrogens with zero attached hydrogens (tertiary/aromatic N) is 1. The van der Waals surface area contributed by atoms with Crippen molar-refractivity contribution in [1.82, 2.24) is 10.6 Å². The SMILES string of the molecule is CCNC(=NCc1ccccc1F)NCCCCCCC(=O)OC.I. The molecule has 0 fully saturated rings. The highest BCUT2D eigenvalue weighted by Gasteiger charge is 2.02. The Balaban J connectivity index is 0.00000576. The summed E-state index contributed by atoms with van der Waals surface area (Å²) in [5, 5.41) is 6.40. The first-order chi connectivity index (χ1) is 11.7. The van der Waals surface area contributed by atoms with E-state index >= 15 is 0 Å². The van der Waals surface area contributed by atoms with Crippen molar-refractivity contribution < 1.29 is 13.9 Å². The van der Waals surface area contributed by atoms with Crippen LogP contribution in [0.25, 0.3) is 0 Å². The maximum atomic E-state index is 13.6. The number of hydrogen-bond acceptors (Lipinski definition) is 3. The van der Waals surface area contributed by atoms with Crippen molar-refractivity contribution in [3.63, 3.8) is 0 Å². The van der Waals surface area contributed by atoms with Crippen LogP contribution in [-0.4, -0.2) is 32.1 Å². The van der Waals surface area contributed by atoms with E-state index in [0.29, 0.717) is 24.5 Å². The zero-order valence-corrected chi connectivity index (χ0v) is 17.3. The lowest BCUT2D eigenvalue weighted by atomic mass is 10.1. The second-order valence-electron chi connectivity index (χ2n) is 5.45. The van der Waals surface area contributed by atoms with Gasteiger partial charge in [0.05, 0.1) is 13.7 Å².